The predicted octanol–water partition coefficient (Wildman–Crippen LogP) is 3.80. The van der Waals surface area contributed by atoms with Gasteiger partial charge in [0.05, 0.1) is 4.92 Å². The first kappa shape index (κ1) is 16.8. The third kappa shape index (κ3) is 4.46. The summed E-state index contributed by atoms with van der Waals surface area (Å²) in [6.45, 7) is 0.0515. The lowest BCUT2D eigenvalue weighted by Gasteiger charge is -2.17. The second kappa shape index (κ2) is 7.64. The molecule has 0 radical (unpaired) electrons. The fraction of sp³-hybridized carbons (Fsp3) is 0.188. The van der Waals surface area contributed by atoms with E-state index in [9.17, 15) is 14.9 Å². The van der Waals surface area contributed by atoms with E-state index in [0.717, 1.165) is 5.56 Å². The molecule has 0 atom stereocenters. The van der Waals surface area contributed by atoms with E-state index in [-0.39, 0.29) is 12.3 Å². The molecule has 0 bridgehead atoms. The van der Waals surface area contributed by atoms with Crippen LogP contribution < -0.4 is 4.90 Å². The summed E-state index contributed by atoms with van der Waals surface area (Å²) in [5.74, 6) is 0.634. The highest BCUT2D eigenvalue weighted by Crippen LogP contribution is 2.17. The maximum atomic E-state index is 12.0. The molecule has 2 aromatic carbocycles. The molecule has 0 unspecified atom stereocenters. The zero-order valence-electron chi connectivity index (χ0n) is 12.5. The van der Waals surface area contributed by atoms with Crippen LogP contribution in [-0.2, 0) is 17.1 Å². The Morgan fingerprint density at radius 2 is 1.70 bits per heavy atom. The van der Waals surface area contributed by atoms with Crippen molar-refractivity contribution in [1.29, 1.82) is 0 Å². The summed E-state index contributed by atoms with van der Waals surface area (Å²) in [7, 11) is 1.62. The number of hydrogen-bond acceptors (Lipinski definition) is 5. The number of nitro groups is 1. The fourth-order valence-electron chi connectivity index (χ4n) is 1.89. The van der Waals surface area contributed by atoms with Crippen molar-refractivity contribution in [3.05, 3.63) is 69.8 Å². The molecule has 2 rings (SSSR count). The van der Waals surface area contributed by atoms with E-state index in [1.807, 2.05) is 24.3 Å². The average Bonchev–Trinajstić information content (AvgIpc) is 2.59. The van der Waals surface area contributed by atoms with Crippen molar-refractivity contribution in [2.24, 2.45) is 0 Å². The standard InChI is InChI=1S/C16H16N2O4S/c1-17(14-6-4-13(11-23)5-7-14)16(19)22-10-12-2-8-15(9-3-12)18(20)21/h2-9,23H,10-11H2,1H3. The first-order valence-corrected chi connectivity index (χ1v) is 7.48. The summed E-state index contributed by atoms with van der Waals surface area (Å²) in [6.07, 6.45) is -0.498. The van der Waals surface area contributed by atoms with Gasteiger partial charge in [-0.2, -0.15) is 12.6 Å². The number of rotatable bonds is 5. The highest BCUT2D eigenvalue weighted by molar-refractivity contribution is 7.79. The van der Waals surface area contributed by atoms with E-state index in [0.29, 0.717) is 17.0 Å². The largest absolute Gasteiger partial charge is 0.444 e. The number of thiol groups is 1. The molecule has 0 aromatic heterocycles. The van der Waals surface area contributed by atoms with Gasteiger partial charge in [-0.25, -0.2) is 4.79 Å². The Bertz CT molecular complexity index is 686. The summed E-state index contributed by atoms with van der Waals surface area (Å²) in [5.41, 5.74) is 2.46. The van der Waals surface area contributed by atoms with Crippen LogP contribution in [0.2, 0.25) is 0 Å². The number of amides is 1. The zero-order valence-corrected chi connectivity index (χ0v) is 13.4. The molecular weight excluding hydrogens is 316 g/mol. The summed E-state index contributed by atoms with van der Waals surface area (Å²) < 4.78 is 5.20. The minimum Gasteiger partial charge on any atom is -0.444 e. The molecule has 0 aliphatic heterocycles. The van der Waals surface area contributed by atoms with Gasteiger partial charge < -0.3 is 4.74 Å². The molecule has 2 aromatic rings. The maximum Gasteiger partial charge on any atom is 0.414 e. The Kier molecular flexibility index (Phi) is 5.59. The quantitative estimate of drug-likeness (QED) is 0.513. The van der Waals surface area contributed by atoms with Gasteiger partial charge in [0.15, 0.2) is 0 Å². The minimum absolute atomic E-state index is 0.00136. The molecule has 0 heterocycles. The third-order valence-electron chi connectivity index (χ3n) is 3.29. The van der Waals surface area contributed by atoms with Gasteiger partial charge in [0, 0.05) is 30.6 Å². The third-order valence-corrected chi connectivity index (χ3v) is 3.65. The van der Waals surface area contributed by atoms with Crippen LogP contribution in [0.25, 0.3) is 0 Å². The maximum absolute atomic E-state index is 12.0. The highest BCUT2D eigenvalue weighted by Gasteiger charge is 2.13. The van der Waals surface area contributed by atoms with Gasteiger partial charge in [-0.15, -0.1) is 0 Å². The number of ether oxygens (including phenoxy) is 1. The Morgan fingerprint density at radius 1 is 1.13 bits per heavy atom. The van der Waals surface area contributed by atoms with Crippen LogP contribution in [0.15, 0.2) is 48.5 Å². The van der Waals surface area contributed by atoms with E-state index in [1.54, 1.807) is 19.2 Å². The zero-order chi connectivity index (χ0) is 16.8. The van der Waals surface area contributed by atoms with Gasteiger partial charge in [0.2, 0.25) is 0 Å². The molecule has 0 N–H and O–H groups in total. The van der Waals surface area contributed by atoms with Crippen molar-refractivity contribution >= 4 is 30.1 Å². The lowest BCUT2D eigenvalue weighted by atomic mass is 10.2. The molecule has 0 aliphatic carbocycles. The molecule has 0 spiro atoms. The Morgan fingerprint density at radius 3 is 2.22 bits per heavy atom. The van der Waals surface area contributed by atoms with Gasteiger partial charge in [-0.3, -0.25) is 15.0 Å². The molecule has 1 amide bonds. The first-order chi connectivity index (χ1) is 11.0. The molecule has 0 fully saturated rings. The SMILES string of the molecule is CN(C(=O)OCc1ccc([N+](=O)[O-])cc1)c1ccc(CS)cc1. The molecule has 6 nitrogen and oxygen atoms in total. The molecule has 0 saturated carbocycles. The van der Waals surface area contributed by atoms with Crippen molar-refractivity contribution in [3.8, 4) is 0 Å². The minimum atomic E-state index is -0.498. The number of nitrogens with zero attached hydrogens (tertiary/aromatic N) is 2. The summed E-state index contributed by atoms with van der Waals surface area (Å²) >= 11 is 4.18. The van der Waals surface area contributed by atoms with E-state index in [4.69, 9.17) is 4.74 Å². The second-order valence-corrected chi connectivity index (χ2v) is 5.18. The number of nitro benzene ring substituents is 1. The number of hydrogen-bond donors (Lipinski definition) is 1. The molecule has 120 valence electrons. The lowest BCUT2D eigenvalue weighted by Crippen LogP contribution is -2.26. The van der Waals surface area contributed by atoms with Gasteiger partial charge in [-0.05, 0) is 35.4 Å². The number of carbonyl (C=O) groups is 1. The Balaban J connectivity index is 1.93. The van der Waals surface area contributed by atoms with Crippen molar-refractivity contribution in [3.63, 3.8) is 0 Å². The predicted molar refractivity (Wildman–Crippen MR) is 90.8 cm³/mol. The second-order valence-electron chi connectivity index (χ2n) is 4.86. The molecular formula is C16H16N2O4S. The topological polar surface area (TPSA) is 72.7 Å². The normalized spacial score (nSPS) is 10.2. The molecule has 0 saturated heterocycles. The van der Waals surface area contributed by atoms with Crippen LogP contribution in [0.3, 0.4) is 0 Å². The number of non-ortho nitro benzene ring substituents is 1. The van der Waals surface area contributed by atoms with Crippen molar-refractivity contribution < 1.29 is 14.5 Å². The lowest BCUT2D eigenvalue weighted by molar-refractivity contribution is -0.384. The smallest absolute Gasteiger partial charge is 0.414 e. The molecule has 0 aliphatic rings. The molecule has 23 heavy (non-hydrogen) atoms. The van der Waals surface area contributed by atoms with Crippen LogP contribution in [0.1, 0.15) is 11.1 Å². The highest BCUT2D eigenvalue weighted by atomic mass is 32.1. The fourth-order valence-corrected chi connectivity index (χ4v) is 2.10. The Hall–Kier alpha value is -2.54. The van der Waals surface area contributed by atoms with Gasteiger partial charge >= 0.3 is 6.09 Å². The number of benzene rings is 2. The number of anilines is 1. The van der Waals surface area contributed by atoms with Crippen LogP contribution in [-0.4, -0.2) is 18.1 Å². The van der Waals surface area contributed by atoms with E-state index >= 15 is 0 Å². The van der Waals surface area contributed by atoms with Crippen molar-refractivity contribution in [2.45, 2.75) is 12.4 Å². The van der Waals surface area contributed by atoms with Crippen LogP contribution >= 0.6 is 12.6 Å². The summed E-state index contributed by atoms with van der Waals surface area (Å²) in [4.78, 5) is 23.5. The monoisotopic (exact) mass is 332 g/mol. The summed E-state index contributed by atoms with van der Waals surface area (Å²) in [6, 6.07) is 13.3. The Labute approximate surface area is 139 Å². The van der Waals surface area contributed by atoms with E-state index < -0.39 is 11.0 Å². The molecule has 7 heteroatoms. The van der Waals surface area contributed by atoms with Crippen molar-refractivity contribution in [1.82, 2.24) is 0 Å². The van der Waals surface area contributed by atoms with Crippen LogP contribution in [0, 0.1) is 10.1 Å². The average molecular weight is 332 g/mol. The van der Waals surface area contributed by atoms with Gasteiger partial charge in [0.1, 0.15) is 6.61 Å². The van der Waals surface area contributed by atoms with Crippen molar-refractivity contribution in [2.75, 3.05) is 11.9 Å². The van der Waals surface area contributed by atoms with Crippen LogP contribution in [0.5, 0.6) is 0 Å². The first-order valence-electron chi connectivity index (χ1n) is 6.85. The van der Waals surface area contributed by atoms with Gasteiger partial charge in [0.25, 0.3) is 5.69 Å². The van der Waals surface area contributed by atoms with E-state index in [1.165, 1.54) is 17.0 Å². The number of carbonyl (C=O) groups excluding carboxylic acids is 1. The summed E-state index contributed by atoms with van der Waals surface area (Å²) in [5, 5.41) is 10.6. The van der Waals surface area contributed by atoms with Gasteiger partial charge in [-0.1, -0.05) is 12.1 Å². The van der Waals surface area contributed by atoms with E-state index in [2.05, 4.69) is 12.6 Å². The van der Waals surface area contributed by atoms with Crippen LogP contribution in [0.4, 0.5) is 16.2 Å².